The van der Waals surface area contributed by atoms with E-state index < -0.39 is 59.9 Å². The number of nitrogens with two attached hydrogens (primary N) is 1. The smallest absolute Gasteiger partial charge is 0.405 e. The number of methoxy groups -OCH3 is 2. The van der Waals surface area contributed by atoms with Crippen LogP contribution in [0.1, 0.15) is 66.2 Å². The van der Waals surface area contributed by atoms with E-state index in [9.17, 15) is 29.1 Å². The molecule has 0 spiro atoms. The van der Waals surface area contributed by atoms with Crippen LogP contribution in [0.15, 0.2) is 58.5 Å². The van der Waals surface area contributed by atoms with E-state index in [2.05, 4.69) is 10.6 Å². The topological polar surface area (TPSA) is 204 Å². The highest BCUT2D eigenvalue weighted by atomic mass is 16.6. The highest BCUT2D eigenvalue weighted by Crippen LogP contribution is 2.29. The van der Waals surface area contributed by atoms with Crippen LogP contribution in [0.2, 0.25) is 0 Å². The maximum absolute atomic E-state index is 13.8. The highest BCUT2D eigenvalue weighted by Gasteiger charge is 2.33. The molecule has 2 rings (SSSR count). The third-order valence-corrected chi connectivity index (χ3v) is 8.16. The Morgan fingerprint density at radius 3 is 2.40 bits per heavy atom. The second kappa shape index (κ2) is 18.9. The molecule has 0 unspecified atom stereocenters. The quantitative estimate of drug-likeness (QED) is 0.131. The van der Waals surface area contributed by atoms with Gasteiger partial charge in [-0.3, -0.25) is 19.2 Å². The molecular formula is C34H49N3O10. The molecule has 13 heteroatoms. The Morgan fingerprint density at radius 2 is 1.79 bits per heavy atom. The van der Waals surface area contributed by atoms with Crippen molar-refractivity contribution in [3.05, 3.63) is 58.5 Å². The molecule has 0 radical (unpaired) electrons. The summed E-state index contributed by atoms with van der Waals surface area (Å²) in [5.74, 6) is -3.18. The zero-order chi connectivity index (χ0) is 35.3. The molecule has 6 N–H and O–H groups in total. The van der Waals surface area contributed by atoms with Crippen LogP contribution in [0.25, 0.3) is 0 Å². The van der Waals surface area contributed by atoms with E-state index in [0.717, 1.165) is 6.08 Å². The number of carbonyl (C=O) groups excluding carboxylic acids is 4. The number of fused-ring (bicyclic) bond motifs is 2. The first-order chi connectivity index (χ1) is 22.2. The Hall–Kier alpha value is -4.07. The summed E-state index contributed by atoms with van der Waals surface area (Å²) in [6, 6.07) is 0. The number of carbonyl (C=O) groups is 5. The largest absolute Gasteiger partial charge is 0.481 e. The SMILES string of the molecule is CO[C@H]1C=CC=C(C)C(=O)NC2=CC(=O)C(NCCCCCC(=O)O)=C(C[C@@H](C)C[C@H](OC)[C@@H](O)[C@@H](C)C=C(C)[C@@H]1OC(N)=O)C2=O. The number of Topliss-reactive ketones (excluding diaryl/α,β-unsaturated/α-hetero) is 1. The summed E-state index contributed by atoms with van der Waals surface area (Å²) in [6.07, 6.45) is 5.25. The molecule has 47 heavy (non-hydrogen) atoms. The van der Waals surface area contributed by atoms with Gasteiger partial charge in [0.2, 0.25) is 11.6 Å². The third-order valence-electron chi connectivity index (χ3n) is 8.16. The predicted molar refractivity (Wildman–Crippen MR) is 174 cm³/mol. The van der Waals surface area contributed by atoms with Gasteiger partial charge in [-0.15, -0.1) is 0 Å². The number of nitrogens with one attached hydrogen (secondary N) is 2. The number of ketones is 2. The molecule has 1 aliphatic heterocycles. The van der Waals surface area contributed by atoms with Gasteiger partial charge >= 0.3 is 12.1 Å². The first kappa shape index (κ1) is 39.1. The number of amides is 2. The Labute approximate surface area is 275 Å². The van der Waals surface area contributed by atoms with Gasteiger partial charge in [0, 0.05) is 50.3 Å². The molecule has 13 nitrogen and oxygen atoms in total. The van der Waals surface area contributed by atoms with Crippen LogP contribution in [0, 0.1) is 11.8 Å². The van der Waals surface area contributed by atoms with Gasteiger partial charge in [-0.05, 0) is 51.0 Å². The third kappa shape index (κ3) is 11.9. The number of carboxylic acid groups (broad SMARTS) is 1. The lowest BCUT2D eigenvalue weighted by Gasteiger charge is -2.30. The van der Waals surface area contributed by atoms with Gasteiger partial charge in [0.1, 0.15) is 6.10 Å². The molecule has 0 fully saturated rings. The van der Waals surface area contributed by atoms with Crippen molar-refractivity contribution in [2.24, 2.45) is 17.6 Å². The number of rotatable bonds is 10. The van der Waals surface area contributed by atoms with E-state index in [1.54, 1.807) is 26.0 Å². The fraction of sp³-hybridized carbons (Fsp3) is 0.559. The number of allylic oxidation sites excluding steroid dienone is 4. The second-order valence-corrected chi connectivity index (χ2v) is 12.1. The second-order valence-electron chi connectivity index (χ2n) is 12.1. The van der Waals surface area contributed by atoms with Gasteiger partial charge in [0.25, 0.3) is 5.91 Å². The number of primary amides is 1. The number of aliphatic hydroxyl groups is 1. The van der Waals surface area contributed by atoms with Gasteiger partial charge in [0.05, 0.1) is 23.6 Å². The summed E-state index contributed by atoms with van der Waals surface area (Å²) in [6.45, 7) is 7.27. The average molecular weight is 660 g/mol. The van der Waals surface area contributed by atoms with Crippen molar-refractivity contribution in [3.63, 3.8) is 0 Å². The van der Waals surface area contributed by atoms with Crippen molar-refractivity contribution in [1.82, 2.24) is 10.6 Å². The number of hydrogen-bond donors (Lipinski definition) is 5. The predicted octanol–water partition coefficient (Wildman–Crippen LogP) is 3.00. The lowest BCUT2D eigenvalue weighted by Crippen LogP contribution is -2.38. The van der Waals surface area contributed by atoms with Crippen molar-refractivity contribution >= 4 is 29.5 Å². The maximum atomic E-state index is 13.8. The van der Waals surface area contributed by atoms with Gasteiger partial charge in [0.15, 0.2) is 6.10 Å². The number of unbranched alkanes of at least 4 members (excludes halogenated alkanes) is 2. The van der Waals surface area contributed by atoms with Crippen LogP contribution in [0.3, 0.4) is 0 Å². The number of aliphatic hydroxyl groups excluding tert-OH is 1. The molecule has 2 bridgehead atoms. The van der Waals surface area contributed by atoms with E-state index in [-0.39, 0.29) is 41.3 Å². The molecule has 6 atom stereocenters. The average Bonchev–Trinajstić information content (AvgIpc) is 3.00. The fourth-order valence-corrected chi connectivity index (χ4v) is 5.57. The molecule has 1 aliphatic carbocycles. The van der Waals surface area contributed by atoms with Crippen LogP contribution >= 0.6 is 0 Å². The monoisotopic (exact) mass is 659 g/mol. The van der Waals surface area contributed by atoms with Crippen molar-refractivity contribution < 1.29 is 48.4 Å². The number of carboxylic acids is 1. The summed E-state index contributed by atoms with van der Waals surface area (Å²) >= 11 is 0. The summed E-state index contributed by atoms with van der Waals surface area (Å²) in [7, 11) is 2.90. The van der Waals surface area contributed by atoms with Crippen molar-refractivity contribution in [3.8, 4) is 0 Å². The molecule has 260 valence electrons. The Bertz CT molecular complexity index is 1330. The molecule has 0 aromatic rings. The van der Waals surface area contributed by atoms with Crippen LogP contribution in [0.4, 0.5) is 4.79 Å². The highest BCUT2D eigenvalue weighted by molar-refractivity contribution is 6.23. The van der Waals surface area contributed by atoms with Gasteiger partial charge in [-0.2, -0.15) is 0 Å². The maximum Gasteiger partial charge on any atom is 0.405 e. The van der Waals surface area contributed by atoms with E-state index >= 15 is 0 Å². The fourth-order valence-electron chi connectivity index (χ4n) is 5.57. The normalized spacial score (nSPS) is 26.6. The van der Waals surface area contributed by atoms with Gasteiger partial charge in [-0.1, -0.05) is 44.6 Å². The summed E-state index contributed by atoms with van der Waals surface area (Å²) < 4.78 is 16.6. The molecule has 2 amide bonds. The standard InChI is InChI=1S/C34H49N3O10/c1-19-15-23-29(36-14-9-7-8-13-28(39)40)25(38)18-24(31(23)42)37-33(43)20(2)11-10-12-26(45-5)32(47-34(35)44)22(4)17-21(3)30(41)27(16-19)46-6/h10-12,17-19,21,26-27,30,32,36,41H,7-9,13-16H2,1-6H3,(H2,35,44)(H,37,43)(H,39,40)/t19-,21+,26+,27+,30+,32+/m1/s1. The van der Waals surface area contributed by atoms with E-state index in [1.165, 1.54) is 33.3 Å². The summed E-state index contributed by atoms with van der Waals surface area (Å²) in [4.78, 5) is 62.7. The van der Waals surface area contributed by atoms with E-state index in [0.29, 0.717) is 37.8 Å². The van der Waals surface area contributed by atoms with Crippen molar-refractivity contribution in [2.75, 3.05) is 20.8 Å². The van der Waals surface area contributed by atoms with E-state index in [4.69, 9.17) is 25.1 Å². The van der Waals surface area contributed by atoms with Crippen molar-refractivity contribution in [1.29, 1.82) is 0 Å². The lowest BCUT2D eigenvalue weighted by atomic mass is 9.85. The summed E-state index contributed by atoms with van der Waals surface area (Å²) in [5, 5.41) is 25.8. The molecule has 1 heterocycles. The molecular weight excluding hydrogens is 610 g/mol. The number of aliphatic carboxylic acids is 1. The molecule has 0 aromatic carbocycles. The van der Waals surface area contributed by atoms with Crippen LogP contribution < -0.4 is 16.4 Å². The minimum absolute atomic E-state index is 0.0491. The molecule has 0 aromatic heterocycles. The lowest BCUT2D eigenvalue weighted by molar-refractivity contribution is -0.137. The first-order valence-corrected chi connectivity index (χ1v) is 15.7. The zero-order valence-electron chi connectivity index (χ0n) is 28.0. The Kier molecular flexibility index (Phi) is 15.7. The van der Waals surface area contributed by atoms with Crippen LogP contribution in [-0.2, 0) is 33.4 Å². The first-order valence-electron chi connectivity index (χ1n) is 15.7. The summed E-state index contributed by atoms with van der Waals surface area (Å²) in [5.41, 5.74) is 6.31. The molecule has 0 saturated carbocycles. The molecule has 0 saturated heterocycles. The number of ether oxygens (including phenoxy) is 3. The van der Waals surface area contributed by atoms with E-state index in [1.807, 2.05) is 6.92 Å². The van der Waals surface area contributed by atoms with Crippen LogP contribution in [0.5, 0.6) is 0 Å². The van der Waals surface area contributed by atoms with Crippen molar-refractivity contribution in [2.45, 2.75) is 90.6 Å². The van der Waals surface area contributed by atoms with Gasteiger partial charge < -0.3 is 40.8 Å². The van der Waals surface area contributed by atoms with Gasteiger partial charge in [-0.25, -0.2) is 4.79 Å². The Balaban J connectivity index is 2.52. The minimum atomic E-state index is -1.01. The Morgan fingerprint density at radius 1 is 1.09 bits per heavy atom. The zero-order valence-corrected chi connectivity index (χ0v) is 28.0. The minimum Gasteiger partial charge on any atom is -0.481 e. The van der Waals surface area contributed by atoms with Crippen LogP contribution in [-0.4, -0.2) is 84.9 Å². The molecule has 2 aliphatic rings. The number of hydrogen-bond acceptors (Lipinski definition) is 10.